The normalized spacial score (nSPS) is 21.0. The molecule has 2 saturated heterocycles. The Kier molecular flexibility index (Phi) is 5.21. The Labute approximate surface area is 196 Å². The van der Waals surface area contributed by atoms with Crippen molar-refractivity contribution >= 4 is 33.5 Å². The predicted octanol–water partition coefficient (Wildman–Crippen LogP) is 2.26. The summed E-state index contributed by atoms with van der Waals surface area (Å²) in [5.74, 6) is 1.05. The van der Waals surface area contributed by atoms with Gasteiger partial charge in [0.1, 0.15) is 5.84 Å². The van der Waals surface area contributed by atoms with Crippen LogP contribution in [0.4, 0.5) is 0 Å². The van der Waals surface area contributed by atoms with Crippen molar-refractivity contribution in [2.45, 2.75) is 25.8 Å². The molecule has 1 amide bonds. The molecule has 0 radical (unpaired) electrons. The van der Waals surface area contributed by atoms with Crippen LogP contribution in [0.25, 0.3) is 21.8 Å². The van der Waals surface area contributed by atoms with Crippen LogP contribution in [0.15, 0.2) is 40.3 Å². The number of amidine groups is 1. The van der Waals surface area contributed by atoms with E-state index >= 15 is 0 Å². The molecule has 3 aliphatic heterocycles. The summed E-state index contributed by atoms with van der Waals surface area (Å²) in [5, 5.41) is 5.91. The maximum Gasteiger partial charge on any atom is 0.259 e. The molecule has 34 heavy (non-hydrogen) atoms. The molecule has 9 heteroatoms. The topological polar surface area (TPSA) is 95.8 Å². The van der Waals surface area contributed by atoms with Crippen molar-refractivity contribution in [1.82, 2.24) is 24.6 Å². The summed E-state index contributed by atoms with van der Waals surface area (Å²) in [5.41, 5.74) is 2.85. The number of hydrogen-bond acceptors (Lipinski definition) is 6. The van der Waals surface area contributed by atoms with E-state index in [4.69, 9.17) is 4.74 Å². The van der Waals surface area contributed by atoms with Crippen LogP contribution >= 0.6 is 0 Å². The largest absolute Gasteiger partial charge is 0.379 e. The number of carbonyl (C=O) groups excluding carboxylic acids is 1. The minimum Gasteiger partial charge on any atom is -0.379 e. The van der Waals surface area contributed by atoms with Crippen LogP contribution in [-0.2, 0) is 4.74 Å². The lowest BCUT2D eigenvalue weighted by atomic mass is 10.0. The molecule has 5 heterocycles. The number of aryl methyl sites for hydroxylation is 1. The zero-order valence-electron chi connectivity index (χ0n) is 19.3. The van der Waals surface area contributed by atoms with Crippen LogP contribution in [-0.4, -0.2) is 82.2 Å². The second-order valence-electron chi connectivity index (χ2n) is 9.25. The van der Waals surface area contributed by atoms with Gasteiger partial charge in [-0.3, -0.25) is 19.3 Å². The van der Waals surface area contributed by atoms with E-state index in [1.54, 1.807) is 6.20 Å². The lowest BCUT2D eigenvalue weighted by Crippen LogP contribution is -2.50. The minimum atomic E-state index is -0.165. The van der Waals surface area contributed by atoms with Gasteiger partial charge in [-0.05, 0) is 43.5 Å². The number of pyridine rings is 1. The molecule has 0 bridgehead atoms. The molecule has 3 aromatic rings. The first-order valence-electron chi connectivity index (χ1n) is 12.0. The molecular formula is C25H28N6O3. The van der Waals surface area contributed by atoms with Crippen molar-refractivity contribution in [2.75, 3.05) is 45.9 Å². The van der Waals surface area contributed by atoms with Crippen molar-refractivity contribution in [3.05, 3.63) is 52.0 Å². The number of dihydropyridines is 1. The number of aromatic amines is 1. The van der Waals surface area contributed by atoms with Crippen LogP contribution in [0.5, 0.6) is 0 Å². The quantitative estimate of drug-likeness (QED) is 0.633. The number of rotatable bonds is 2. The van der Waals surface area contributed by atoms with Crippen molar-refractivity contribution in [1.29, 1.82) is 0 Å². The summed E-state index contributed by atoms with van der Waals surface area (Å²) < 4.78 is 7.46. The molecule has 0 spiro atoms. The predicted molar refractivity (Wildman–Crippen MR) is 131 cm³/mol. The Morgan fingerprint density at radius 1 is 1.18 bits per heavy atom. The number of ether oxygens (including phenoxy) is 1. The molecule has 1 unspecified atom stereocenters. The first-order chi connectivity index (χ1) is 16.6. The van der Waals surface area contributed by atoms with Crippen LogP contribution in [0, 0.1) is 6.92 Å². The molecule has 0 saturated carbocycles. The van der Waals surface area contributed by atoms with Crippen LogP contribution < -0.4 is 5.56 Å². The van der Waals surface area contributed by atoms with Gasteiger partial charge >= 0.3 is 0 Å². The fraction of sp³-hybridized carbons (Fsp3) is 0.440. The van der Waals surface area contributed by atoms with E-state index in [0.717, 1.165) is 60.3 Å². The van der Waals surface area contributed by atoms with E-state index in [-0.39, 0.29) is 17.5 Å². The second-order valence-corrected chi connectivity index (χ2v) is 9.25. The minimum absolute atomic E-state index is 0.0230. The van der Waals surface area contributed by atoms with Gasteiger partial charge in [-0.25, -0.2) is 0 Å². The molecule has 1 atom stereocenters. The Bertz CT molecular complexity index is 1390. The molecule has 9 nitrogen and oxygen atoms in total. The fourth-order valence-electron chi connectivity index (χ4n) is 5.23. The standard InChI is InChI=1S/C25H28N6O3/c1-16-12-21-19(23-20(24(32)28-21)14-27-31(23)17-5-11-34-15-17)13-18(16)25(33)30-9-7-29(8-10-30)22-4-2-3-6-26-22/h2,4,12-14,17H,3,5-11,15H2,1H3,(H,28,32). The summed E-state index contributed by atoms with van der Waals surface area (Å²) >= 11 is 0. The number of fused-ring (bicyclic) bond motifs is 3. The van der Waals surface area contributed by atoms with E-state index in [9.17, 15) is 9.59 Å². The maximum absolute atomic E-state index is 13.6. The lowest BCUT2D eigenvalue weighted by Gasteiger charge is -2.36. The fourth-order valence-corrected chi connectivity index (χ4v) is 5.23. The highest BCUT2D eigenvalue weighted by Gasteiger charge is 2.27. The van der Waals surface area contributed by atoms with Crippen molar-refractivity contribution < 1.29 is 9.53 Å². The summed E-state index contributed by atoms with van der Waals surface area (Å²) in [7, 11) is 0. The Hall–Kier alpha value is -3.46. The lowest BCUT2D eigenvalue weighted by molar-refractivity contribution is 0.0691. The molecule has 6 rings (SSSR count). The van der Waals surface area contributed by atoms with Gasteiger partial charge in [-0.1, -0.05) is 6.08 Å². The summed E-state index contributed by atoms with van der Waals surface area (Å²) in [6, 6.07) is 3.93. The first-order valence-corrected chi connectivity index (χ1v) is 12.0. The van der Waals surface area contributed by atoms with Gasteiger partial charge in [-0.2, -0.15) is 5.10 Å². The number of hydrogen-bond donors (Lipinski definition) is 1. The number of aromatic nitrogens is 3. The van der Waals surface area contributed by atoms with Crippen LogP contribution in [0.1, 0.15) is 34.8 Å². The molecule has 2 aromatic heterocycles. The third kappa shape index (κ3) is 3.51. The van der Waals surface area contributed by atoms with E-state index in [2.05, 4.69) is 32.1 Å². The average molecular weight is 461 g/mol. The summed E-state index contributed by atoms with van der Waals surface area (Å²) in [4.78, 5) is 38.1. The van der Waals surface area contributed by atoms with Crippen molar-refractivity contribution in [3.8, 4) is 0 Å². The zero-order chi connectivity index (χ0) is 23.2. The molecule has 3 aliphatic rings. The SMILES string of the molecule is Cc1cc2[nH]c(=O)c3cnn(C4CCOC4)c3c2cc1C(=O)N1CCN(C2=NCCC=C2)CC1. The molecule has 1 aromatic carbocycles. The van der Waals surface area contributed by atoms with Gasteiger partial charge in [0.2, 0.25) is 0 Å². The number of H-pyrrole nitrogens is 1. The zero-order valence-corrected chi connectivity index (χ0v) is 19.3. The third-order valence-corrected chi connectivity index (χ3v) is 7.12. The van der Waals surface area contributed by atoms with Gasteiger partial charge in [-0.15, -0.1) is 0 Å². The van der Waals surface area contributed by atoms with Gasteiger partial charge in [0.15, 0.2) is 0 Å². The molecule has 176 valence electrons. The number of benzene rings is 1. The molecule has 1 N–H and O–H groups in total. The highest BCUT2D eigenvalue weighted by molar-refractivity contribution is 6.07. The Balaban J connectivity index is 1.34. The van der Waals surface area contributed by atoms with E-state index in [1.165, 1.54) is 0 Å². The van der Waals surface area contributed by atoms with Crippen molar-refractivity contribution in [2.24, 2.45) is 4.99 Å². The average Bonchev–Trinajstić information content (AvgIpc) is 3.55. The number of nitrogens with zero attached hydrogens (tertiary/aromatic N) is 5. The highest BCUT2D eigenvalue weighted by atomic mass is 16.5. The number of aliphatic imine (C=N–C) groups is 1. The summed E-state index contributed by atoms with van der Waals surface area (Å²) in [6.45, 7) is 6.87. The first kappa shape index (κ1) is 21.1. The van der Waals surface area contributed by atoms with Crippen LogP contribution in [0.2, 0.25) is 0 Å². The van der Waals surface area contributed by atoms with E-state index in [0.29, 0.717) is 37.3 Å². The van der Waals surface area contributed by atoms with Gasteiger partial charge in [0, 0.05) is 50.3 Å². The number of piperazine rings is 1. The molecule has 0 aliphatic carbocycles. The smallest absolute Gasteiger partial charge is 0.259 e. The van der Waals surface area contributed by atoms with Crippen LogP contribution in [0.3, 0.4) is 0 Å². The van der Waals surface area contributed by atoms with Gasteiger partial charge in [0.05, 0.1) is 35.3 Å². The second kappa shape index (κ2) is 8.39. The van der Waals surface area contributed by atoms with Gasteiger partial charge in [0.25, 0.3) is 11.5 Å². The molecular weight excluding hydrogens is 432 g/mol. The number of nitrogens with one attached hydrogen (secondary N) is 1. The maximum atomic E-state index is 13.6. The Morgan fingerprint density at radius 3 is 2.76 bits per heavy atom. The highest BCUT2D eigenvalue weighted by Crippen LogP contribution is 2.29. The number of amides is 1. The Morgan fingerprint density at radius 2 is 2.03 bits per heavy atom. The van der Waals surface area contributed by atoms with Crippen molar-refractivity contribution in [3.63, 3.8) is 0 Å². The summed E-state index contributed by atoms with van der Waals surface area (Å²) in [6.07, 6.45) is 7.71. The number of carbonyl (C=O) groups is 1. The van der Waals surface area contributed by atoms with E-state index in [1.807, 2.05) is 28.6 Å². The monoisotopic (exact) mass is 460 g/mol. The third-order valence-electron chi connectivity index (χ3n) is 7.12. The van der Waals surface area contributed by atoms with E-state index < -0.39 is 0 Å². The van der Waals surface area contributed by atoms with Gasteiger partial charge < -0.3 is 19.5 Å². The molecule has 2 fully saturated rings.